The van der Waals surface area contributed by atoms with Crippen LogP contribution < -0.4 is 9.47 Å². The van der Waals surface area contributed by atoms with Crippen LogP contribution in [0, 0.1) is 6.92 Å². The van der Waals surface area contributed by atoms with E-state index in [1.165, 1.54) is 0 Å². The van der Waals surface area contributed by atoms with Crippen molar-refractivity contribution in [2.75, 3.05) is 27.3 Å². The molecule has 1 amide bonds. The fourth-order valence-corrected chi connectivity index (χ4v) is 2.54. The van der Waals surface area contributed by atoms with Gasteiger partial charge in [-0.2, -0.15) is 0 Å². The maximum atomic E-state index is 12.4. The Hall–Kier alpha value is -2.43. The van der Waals surface area contributed by atoms with E-state index in [-0.39, 0.29) is 5.91 Å². The number of benzene rings is 1. The highest BCUT2D eigenvalue weighted by Gasteiger charge is 2.21. The van der Waals surface area contributed by atoms with Crippen molar-refractivity contribution in [3.63, 3.8) is 0 Å². The molecule has 0 aliphatic carbocycles. The second kappa shape index (κ2) is 7.22. The molecule has 0 fully saturated rings. The average Bonchev–Trinajstić information content (AvgIpc) is 3.04. The van der Waals surface area contributed by atoms with Gasteiger partial charge in [-0.3, -0.25) is 4.79 Å². The van der Waals surface area contributed by atoms with Gasteiger partial charge in [0.15, 0.2) is 5.76 Å². The zero-order valence-electron chi connectivity index (χ0n) is 14.3. The molecule has 1 aromatic heterocycles. The van der Waals surface area contributed by atoms with Gasteiger partial charge in [0, 0.05) is 13.1 Å². The molecule has 0 aliphatic heterocycles. The number of rotatable bonds is 6. The quantitative estimate of drug-likeness (QED) is 0.814. The fraction of sp³-hybridized carbons (Fsp3) is 0.389. The number of hydrogen-bond donors (Lipinski definition) is 0. The second-order valence-electron chi connectivity index (χ2n) is 5.19. The summed E-state index contributed by atoms with van der Waals surface area (Å²) in [5.74, 6) is 2.05. The van der Waals surface area contributed by atoms with Gasteiger partial charge >= 0.3 is 0 Å². The Morgan fingerprint density at radius 3 is 2.13 bits per heavy atom. The normalized spacial score (nSPS) is 10.5. The molecular weight excluding hydrogens is 294 g/mol. The Balaban J connectivity index is 2.47. The molecule has 0 saturated carbocycles. The van der Waals surface area contributed by atoms with Crippen LogP contribution in [-0.2, 0) is 0 Å². The molecule has 0 bridgehead atoms. The van der Waals surface area contributed by atoms with Gasteiger partial charge in [-0.25, -0.2) is 0 Å². The van der Waals surface area contributed by atoms with Gasteiger partial charge < -0.3 is 18.8 Å². The number of amides is 1. The molecule has 2 aromatic rings. The van der Waals surface area contributed by atoms with E-state index in [1.807, 2.05) is 32.9 Å². The largest absolute Gasteiger partial charge is 0.496 e. The lowest BCUT2D eigenvalue weighted by atomic mass is 10.1. The summed E-state index contributed by atoms with van der Waals surface area (Å²) < 4.78 is 16.7. The molecule has 124 valence electrons. The molecule has 0 spiro atoms. The zero-order chi connectivity index (χ0) is 17.0. The minimum Gasteiger partial charge on any atom is -0.496 e. The Kier molecular flexibility index (Phi) is 5.32. The SMILES string of the molecule is CCN(CC)C(=O)c1ccc(-c2c(OC)cc(C)cc2OC)o1. The number of methoxy groups -OCH3 is 2. The lowest BCUT2D eigenvalue weighted by molar-refractivity contribution is 0.0742. The highest BCUT2D eigenvalue weighted by atomic mass is 16.5. The van der Waals surface area contributed by atoms with Crippen molar-refractivity contribution in [2.45, 2.75) is 20.8 Å². The Morgan fingerprint density at radius 1 is 1.09 bits per heavy atom. The predicted molar refractivity (Wildman–Crippen MR) is 89.2 cm³/mol. The number of carbonyl (C=O) groups excluding carboxylic acids is 1. The number of nitrogens with zero attached hydrogens (tertiary/aromatic N) is 1. The first-order valence-electron chi connectivity index (χ1n) is 7.67. The van der Waals surface area contributed by atoms with Crippen LogP contribution in [0.25, 0.3) is 11.3 Å². The predicted octanol–water partition coefficient (Wildman–Crippen LogP) is 3.75. The van der Waals surface area contributed by atoms with E-state index in [4.69, 9.17) is 13.9 Å². The van der Waals surface area contributed by atoms with Gasteiger partial charge in [-0.1, -0.05) is 0 Å². The maximum Gasteiger partial charge on any atom is 0.289 e. The van der Waals surface area contributed by atoms with Crippen molar-refractivity contribution in [3.8, 4) is 22.8 Å². The van der Waals surface area contributed by atoms with Gasteiger partial charge in [0.05, 0.1) is 14.2 Å². The van der Waals surface area contributed by atoms with Crippen molar-refractivity contribution >= 4 is 5.91 Å². The maximum absolute atomic E-state index is 12.4. The molecule has 1 heterocycles. The molecule has 0 radical (unpaired) electrons. The van der Waals surface area contributed by atoms with E-state index in [1.54, 1.807) is 31.3 Å². The molecule has 0 N–H and O–H groups in total. The van der Waals surface area contributed by atoms with E-state index in [9.17, 15) is 4.79 Å². The second-order valence-corrected chi connectivity index (χ2v) is 5.19. The summed E-state index contributed by atoms with van der Waals surface area (Å²) in [4.78, 5) is 14.1. The van der Waals surface area contributed by atoms with Gasteiger partial charge in [0.25, 0.3) is 5.91 Å². The van der Waals surface area contributed by atoms with E-state index >= 15 is 0 Å². The molecule has 5 nitrogen and oxygen atoms in total. The third kappa shape index (κ3) is 3.33. The van der Waals surface area contributed by atoms with Crippen molar-refractivity contribution in [3.05, 3.63) is 35.6 Å². The zero-order valence-corrected chi connectivity index (χ0v) is 14.3. The van der Waals surface area contributed by atoms with Crippen LogP contribution in [0.3, 0.4) is 0 Å². The molecule has 2 rings (SSSR count). The lowest BCUT2D eigenvalue weighted by Crippen LogP contribution is -2.30. The highest BCUT2D eigenvalue weighted by Crippen LogP contribution is 2.40. The summed E-state index contributed by atoms with van der Waals surface area (Å²) in [6, 6.07) is 7.28. The van der Waals surface area contributed by atoms with Crippen molar-refractivity contribution in [2.24, 2.45) is 0 Å². The Morgan fingerprint density at radius 2 is 1.65 bits per heavy atom. The Labute approximate surface area is 136 Å². The molecular formula is C18H23NO4. The molecule has 0 saturated heterocycles. The summed E-state index contributed by atoms with van der Waals surface area (Å²) in [5, 5.41) is 0. The summed E-state index contributed by atoms with van der Waals surface area (Å²) in [5.41, 5.74) is 1.73. The summed E-state index contributed by atoms with van der Waals surface area (Å²) in [7, 11) is 3.20. The van der Waals surface area contributed by atoms with E-state index < -0.39 is 0 Å². The highest BCUT2D eigenvalue weighted by molar-refractivity contribution is 5.92. The van der Waals surface area contributed by atoms with Gasteiger partial charge in [-0.15, -0.1) is 0 Å². The molecule has 0 aliphatic rings. The van der Waals surface area contributed by atoms with Crippen LogP contribution in [-0.4, -0.2) is 38.1 Å². The van der Waals surface area contributed by atoms with Crippen LogP contribution in [0.15, 0.2) is 28.7 Å². The van der Waals surface area contributed by atoms with Crippen molar-refractivity contribution in [1.82, 2.24) is 4.90 Å². The van der Waals surface area contributed by atoms with Gasteiger partial charge in [0.1, 0.15) is 22.8 Å². The van der Waals surface area contributed by atoms with Crippen molar-refractivity contribution in [1.29, 1.82) is 0 Å². The van der Waals surface area contributed by atoms with Crippen LogP contribution in [0.5, 0.6) is 11.5 Å². The summed E-state index contributed by atoms with van der Waals surface area (Å²) in [6.07, 6.45) is 0. The number of aryl methyl sites for hydroxylation is 1. The third-order valence-corrected chi connectivity index (χ3v) is 3.76. The standard InChI is InChI=1S/C18H23NO4/c1-6-19(7-2)18(20)14-9-8-13(23-14)17-15(21-4)10-12(3)11-16(17)22-5/h8-11H,6-7H2,1-5H3. The monoisotopic (exact) mass is 317 g/mol. The van der Waals surface area contributed by atoms with Crippen LogP contribution in [0.2, 0.25) is 0 Å². The lowest BCUT2D eigenvalue weighted by Gasteiger charge is -2.16. The first-order valence-corrected chi connectivity index (χ1v) is 7.67. The van der Waals surface area contributed by atoms with Crippen molar-refractivity contribution < 1.29 is 18.7 Å². The van der Waals surface area contributed by atoms with E-state index in [2.05, 4.69) is 0 Å². The number of furan rings is 1. The van der Waals surface area contributed by atoms with E-state index in [0.29, 0.717) is 41.7 Å². The fourth-order valence-electron chi connectivity index (χ4n) is 2.54. The van der Waals surface area contributed by atoms with Crippen LogP contribution in [0.1, 0.15) is 30.0 Å². The minimum absolute atomic E-state index is 0.119. The number of hydrogen-bond acceptors (Lipinski definition) is 4. The van der Waals surface area contributed by atoms with Gasteiger partial charge in [-0.05, 0) is 50.6 Å². The number of carbonyl (C=O) groups is 1. The first kappa shape index (κ1) is 16.9. The molecule has 5 heteroatoms. The summed E-state index contributed by atoms with van der Waals surface area (Å²) >= 11 is 0. The van der Waals surface area contributed by atoms with Gasteiger partial charge in [0.2, 0.25) is 0 Å². The Bertz CT molecular complexity index is 661. The van der Waals surface area contributed by atoms with E-state index in [0.717, 1.165) is 5.56 Å². The van der Waals surface area contributed by atoms with Crippen LogP contribution in [0.4, 0.5) is 0 Å². The molecule has 23 heavy (non-hydrogen) atoms. The van der Waals surface area contributed by atoms with Crippen LogP contribution >= 0.6 is 0 Å². The summed E-state index contributed by atoms with van der Waals surface area (Å²) in [6.45, 7) is 7.13. The molecule has 0 atom stereocenters. The smallest absolute Gasteiger partial charge is 0.289 e. The third-order valence-electron chi connectivity index (χ3n) is 3.76. The molecule has 1 aromatic carbocycles. The minimum atomic E-state index is -0.119. The molecule has 0 unspecified atom stereocenters. The first-order chi connectivity index (χ1) is 11.0. The topological polar surface area (TPSA) is 51.9 Å². The average molecular weight is 317 g/mol. The number of ether oxygens (including phenoxy) is 2.